The Morgan fingerprint density at radius 2 is 1.33 bits per heavy atom. The van der Waals surface area contributed by atoms with Crippen molar-refractivity contribution >= 4 is 0 Å². The molecule has 0 heterocycles. The van der Waals surface area contributed by atoms with Crippen LogP contribution in [0.5, 0.6) is 0 Å². The summed E-state index contributed by atoms with van der Waals surface area (Å²) in [7, 11) is 0. The van der Waals surface area contributed by atoms with Crippen LogP contribution in [0.4, 0.5) is 0 Å². The van der Waals surface area contributed by atoms with E-state index >= 15 is 0 Å². The predicted octanol–water partition coefficient (Wildman–Crippen LogP) is 0.203. The summed E-state index contributed by atoms with van der Waals surface area (Å²) in [4.78, 5) is 0. The molecule has 0 unspecified atom stereocenters. The summed E-state index contributed by atoms with van der Waals surface area (Å²) in [6.45, 7) is 3.22. The Bertz CT molecular complexity index is 12.3. The molecular weight excluding hydrogens is 129 g/mol. The number of rotatable bonds is 0. The van der Waals surface area contributed by atoms with Crippen molar-refractivity contribution in [2.75, 3.05) is 0 Å². The molecule has 0 aliphatic heterocycles. The Hall–Kier alpha value is 0.583. The van der Waals surface area contributed by atoms with Crippen molar-refractivity contribution in [3.63, 3.8) is 0 Å². The van der Waals surface area contributed by atoms with Gasteiger partial charge in [0.1, 0.15) is 0 Å². The second-order valence-electron chi connectivity index (χ2n) is 1.05. The van der Waals surface area contributed by atoms with Crippen LogP contribution in [0.2, 0.25) is 0 Å². The van der Waals surface area contributed by atoms with Crippen LogP contribution in [0.3, 0.4) is 0 Å². The molecular formula is C4H10OZn. The maximum Gasteiger partial charge on any atom is 2.00 e. The summed E-state index contributed by atoms with van der Waals surface area (Å²) >= 11 is 0. The SMILES string of the molecule is CC(C)[O-].[CH3-].[Zn+2]. The van der Waals surface area contributed by atoms with E-state index in [1.54, 1.807) is 13.8 Å². The third-order valence-electron chi connectivity index (χ3n) is 0. The smallest absolute Gasteiger partial charge is 0.852 e. The maximum absolute atomic E-state index is 9.53. The molecule has 0 amide bonds. The maximum atomic E-state index is 9.53. The summed E-state index contributed by atoms with van der Waals surface area (Å²) in [5, 5.41) is 9.53. The largest absolute Gasteiger partial charge is 2.00 e. The van der Waals surface area contributed by atoms with Crippen LogP contribution in [0.15, 0.2) is 0 Å². The van der Waals surface area contributed by atoms with Gasteiger partial charge in [-0.2, -0.15) is 0 Å². The summed E-state index contributed by atoms with van der Waals surface area (Å²) in [5.74, 6) is 0. The topological polar surface area (TPSA) is 23.1 Å². The molecule has 0 aliphatic rings. The first-order chi connectivity index (χ1) is 1.73. The summed E-state index contributed by atoms with van der Waals surface area (Å²) in [6.07, 6.45) is -0.417. The van der Waals surface area contributed by atoms with E-state index in [4.69, 9.17) is 0 Å². The van der Waals surface area contributed by atoms with Gasteiger partial charge in [0.15, 0.2) is 0 Å². The summed E-state index contributed by atoms with van der Waals surface area (Å²) in [6, 6.07) is 0. The van der Waals surface area contributed by atoms with Crippen LogP contribution in [0, 0.1) is 7.43 Å². The second-order valence-corrected chi connectivity index (χ2v) is 1.05. The zero-order chi connectivity index (χ0) is 3.58. The van der Waals surface area contributed by atoms with E-state index in [1.807, 2.05) is 0 Å². The van der Waals surface area contributed by atoms with Crippen LogP contribution in [-0.4, -0.2) is 6.10 Å². The van der Waals surface area contributed by atoms with Gasteiger partial charge in [0.25, 0.3) is 0 Å². The van der Waals surface area contributed by atoms with Gasteiger partial charge >= 0.3 is 19.5 Å². The van der Waals surface area contributed by atoms with Crippen LogP contribution < -0.4 is 5.11 Å². The Kier molecular flexibility index (Phi) is 24.3. The molecule has 0 aliphatic carbocycles. The minimum Gasteiger partial charge on any atom is -0.852 e. The Morgan fingerprint density at radius 1 is 1.33 bits per heavy atom. The van der Waals surface area contributed by atoms with Crippen molar-refractivity contribution in [1.82, 2.24) is 0 Å². The summed E-state index contributed by atoms with van der Waals surface area (Å²) in [5.41, 5.74) is 0. The molecule has 0 radical (unpaired) electrons. The first-order valence-corrected chi connectivity index (χ1v) is 1.39. The molecule has 0 aromatic rings. The fraction of sp³-hybridized carbons (Fsp3) is 0.750. The molecule has 34 valence electrons. The molecule has 0 N–H and O–H groups in total. The predicted molar refractivity (Wildman–Crippen MR) is 21.5 cm³/mol. The molecule has 0 atom stereocenters. The third-order valence-corrected chi connectivity index (χ3v) is 0. The molecule has 0 saturated heterocycles. The van der Waals surface area contributed by atoms with Gasteiger partial charge in [-0.15, -0.1) is 6.10 Å². The van der Waals surface area contributed by atoms with Gasteiger partial charge in [0.05, 0.1) is 0 Å². The van der Waals surface area contributed by atoms with Gasteiger partial charge in [-0.05, 0) is 0 Å². The van der Waals surface area contributed by atoms with E-state index in [0.717, 1.165) is 0 Å². The average Bonchev–Trinajstić information content (AvgIpc) is 0.811. The van der Waals surface area contributed by atoms with E-state index in [2.05, 4.69) is 0 Å². The van der Waals surface area contributed by atoms with Crippen LogP contribution in [0.25, 0.3) is 0 Å². The Labute approximate surface area is 52.5 Å². The van der Waals surface area contributed by atoms with E-state index in [1.165, 1.54) is 0 Å². The minimum absolute atomic E-state index is 0. The van der Waals surface area contributed by atoms with Crippen molar-refractivity contribution in [2.24, 2.45) is 0 Å². The van der Waals surface area contributed by atoms with Crippen molar-refractivity contribution in [2.45, 2.75) is 20.0 Å². The van der Waals surface area contributed by atoms with Gasteiger partial charge in [0, 0.05) is 0 Å². The van der Waals surface area contributed by atoms with Crippen molar-refractivity contribution in [1.29, 1.82) is 0 Å². The fourth-order valence-corrected chi connectivity index (χ4v) is 0. The van der Waals surface area contributed by atoms with E-state index in [0.29, 0.717) is 0 Å². The molecule has 0 saturated carbocycles. The molecule has 0 rings (SSSR count). The van der Waals surface area contributed by atoms with Gasteiger partial charge in [-0.25, -0.2) is 0 Å². The Balaban J connectivity index is -0.0000000450. The molecule has 6 heavy (non-hydrogen) atoms. The van der Waals surface area contributed by atoms with Crippen molar-refractivity contribution in [3.8, 4) is 0 Å². The molecule has 2 heteroatoms. The first-order valence-electron chi connectivity index (χ1n) is 1.39. The van der Waals surface area contributed by atoms with E-state index in [-0.39, 0.29) is 26.9 Å². The quantitative estimate of drug-likeness (QED) is 0.347. The third kappa shape index (κ3) is 173. The van der Waals surface area contributed by atoms with Gasteiger partial charge < -0.3 is 12.5 Å². The molecule has 0 aromatic carbocycles. The zero-order valence-electron chi connectivity index (χ0n) is 4.69. The monoisotopic (exact) mass is 138 g/mol. The van der Waals surface area contributed by atoms with Gasteiger partial charge in [0.2, 0.25) is 0 Å². The first kappa shape index (κ1) is 16.0. The van der Waals surface area contributed by atoms with Crippen LogP contribution >= 0.6 is 0 Å². The molecule has 1 nitrogen and oxygen atoms in total. The molecule has 0 aromatic heterocycles. The van der Waals surface area contributed by atoms with E-state index < -0.39 is 6.10 Å². The number of hydrogen-bond donors (Lipinski definition) is 0. The fourth-order valence-electron chi connectivity index (χ4n) is 0. The van der Waals surface area contributed by atoms with Gasteiger partial charge in [-0.3, -0.25) is 0 Å². The standard InChI is InChI=1S/C3H7O.CH3.Zn/c1-3(2)4;;/h3H,1-2H3;1H3;/q2*-1;+2. The van der Waals surface area contributed by atoms with Crippen LogP contribution in [0.1, 0.15) is 13.8 Å². The zero-order valence-corrected chi connectivity index (χ0v) is 7.66. The van der Waals surface area contributed by atoms with Crippen molar-refractivity contribution < 1.29 is 24.6 Å². The molecule has 0 fully saturated rings. The van der Waals surface area contributed by atoms with E-state index in [9.17, 15) is 5.11 Å². The molecule has 0 bridgehead atoms. The normalized spacial score (nSPS) is 6.00. The van der Waals surface area contributed by atoms with Crippen LogP contribution in [-0.2, 0) is 19.5 Å². The second kappa shape index (κ2) is 9.13. The average molecular weight is 140 g/mol. The Morgan fingerprint density at radius 3 is 1.33 bits per heavy atom. The summed E-state index contributed by atoms with van der Waals surface area (Å²) < 4.78 is 0. The minimum atomic E-state index is -0.417. The number of hydrogen-bond acceptors (Lipinski definition) is 1. The van der Waals surface area contributed by atoms with Crippen molar-refractivity contribution in [3.05, 3.63) is 7.43 Å². The van der Waals surface area contributed by atoms with Gasteiger partial charge in [-0.1, -0.05) is 13.8 Å². The molecule has 0 spiro atoms.